The van der Waals surface area contributed by atoms with Crippen molar-refractivity contribution in [1.82, 2.24) is 9.97 Å². The molecule has 0 spiro atoms. The van der Waals surface area contributed by atoms with Gasteiger partial charge in [0.05, 0.1) is 28.5 Å². The maximum atomic E-state index is 10.9. The monoisotopic (exact) mass is 307 g/mol. The van der Waals surface area contributed by atoms with Crippen LogP contribution in [0, 0.1) is 10.1 Å². The Labute approximate surface area is 129 Å². The van der Waals surface area contributed by atoms with Gasteiger partial charge in [-0.15, -0.1) is 0 Å². The van der Waals surface area contributed by atoms with Crippen LogP contribution in [0.25, 0.3) is 33.9 Å². The highest BCUT2D eigenvalue weighted by Crippen LogP contribution is 2.32. The van der Waals surface area contributed by atoms with Crippen molar-refractivity contribution in [3.8, 4) is 22.9 Å². The van der Waals surface area contributed by atoms with Gasteiger partial charge in [0, 0.05) is 12.1 Å². The molecule has 0 aliphatic carbocycles. The molecule has 0 aliphatic heterocycles. The maximum absolute atomic E-state index is 10.9. The summed E-state index contributed by atoms with van der Waals surface area (Å²) in [6.07, 6.45) is 3.07. The molecule has 112 valence electrons. The van der Waals surface area contributed by atoms with Crippen molar-refractivity contribution >= 4 is 16.7 Å². The summed E-state index contributed by atoms with van der Waals surface area (Å²) in [4.78, 5) is 19.5. The molecule has 4 aromatic rings. The van der Waals surface area contributed by atoms with E-state index in [4.69, 9.17) is 8.83 Å². The molecule has 23 heavy (non-hydrogen) atoms. The SMILES string of the molecule is O=[N+]([O-])c1ccc2nc(-c3ccco3)c(-c3ccco3)nc2c1. The minimum Gasteiger partial charge on any atom is -0.463 e. The zero-order chi connectivity index (χ0) is 15.8. The highest BCUT2D eigenvalue weighted by molar-refractivity contribution is 5.84. The summed E-state index contributed by atoms with van der Waals surface area (Å²) >= 11 is 0. The molecule has 0 N–H and O–H groups in total. The van der Waals surface area contributed by atoms with Gasteiger partial charge in [-0.2, -0.15) is 0 Å². The van der Waals surface area contributed by atoms with E-state index in [0.29, 0.717) is 33.9 Å². The fraction of sp³-hybridized carbons (Fsp3) is 0. The van der Waals surface area contributed by atoms with Crippen LogP contribution in [0.4, 0.5) is 5.69 Å². The second-order valence-electron chi connectivity index (χ2n) is 4.81. The number of hydrogen-bond donors (Lipinski definition) is 0. The van der Waals surface area contributed by atoms with Crippen molar-refractivity contribution < 1.29 is 13.8 Å². The molecule has 0 unspecified atom stereocenters. The van der Waals surface area contributed by atoms with Gasteiger partial charge in [0.2, 0.25) is 0 Å². The van der Waals surface area contributed by atoms with Gasteiger partial charge < -0.3 is 8.83 Å². The van der Waals surface area contributed by atoms with Crippen LogP contribution in [0.3, 0.4) is 0 Å². The summed E-state index contributed by atoms with van der Waals surface area (Å²) in [5.74, 6) is 1.06. The summed E-state index contributed by atoms with van der Waals surface area (Å²) in [5, 5.41) is 10.9. The van der Waals surface area contributed by atoms with Crippen LogP contribution in [-0.2, 0) is 0 Å². The van der Waals surface area contributed by atoms with E-state index < -0.39 is 4.92 Å². The molecule has 3 aromatic heterocycles. The van der Waals surface area contributed by atoms with Gasteiger partial charge >= 0.3 is 0 Å². The Morgan fingerprint density at radius 1 is 0.870 bits per heavy atom. The Bertz CT molecular complexity index is 992. The standard InChI is InChI=1S/C16H9N3O4/c20-19(21)10-5-6-11-12(9-10)18-16(14-4-2-8-23-14)15(17-11)13-3-1-7-22-13/h1-9H. The second-order valence-corrected chi connectivity index (χ2v) is 4.81. The number of benzene rings is 1. The molecule has 7 heteroatoms. The van der Waals surface area contributed by atoms with E-state index in [0.717, 1.165) is 0 Å². The number of hydrogen-bond acceptors (Lipinski definition) is 6. The summed E-state index contributed by atoms with van der Waals surface area (Å²) in [5.41, 5.74) is 1.91. The van der Waals surface area contributed by atoms with Crippen LogP contribution in [0.5, 0.6) is 0 Å². The number of nitrogens with zero attached hydrogens (tertiary/aromatic N) is 3. The van der Waals surface area contributed by atoms with E-state index in [9.17, 15) is 10.1 Å². The zero-order valence-corrected chi connectivity index (χ0v) is 11.7. The van der Waals surface area contributed by atoms with Crippen LogP contribution >= 0.6 is 0 Å². The first-order valence-electron chi connectivity index (χ1n) is 6.76. The number of aromatic nitrogens is 2. The van der Waals surface area contributed by atoms with Gasteiger partial charge in [0.25, 0.3) is 5.69 Å². The fourth-order valence-corrected chi connectivity index (χ4v) is 2.33. The van der Waals surface area contributed by atoms with Gasteiger partial charge in [-0.1, -0.05) is 0 Å². The van der Waals surface area contributed by atoms with E-state index >= 15 is 0 Å². The minimum absolute atomic E-state index is 0.0389. The highest BCUT2D eigenvalue weighted by Gasteiger charge is 2.18. The number of non-ortho nitro benzene ring substituents is 1. The normalized spacial score (nSPS) is 11.0. The van der Waals surface area contributed by atoms with Crippen LogP contribution < -0.4 is 0 Å². The molecule has 0 radical (unpaired) electrons. The van der Waals surface area contributed by atoms with Gasteiger partial charge in [-0.3, -0.25) is 10.1 Å². The topological polar surface area (TPSA) is 95.2 Å². The quantitative estimate of drug-likeness (QED) is 0.418. The lowest BCUT2D eigenvalue weighted by Gasteiger charge is -2.06. The molecule has 0 aliphatic rings. The summed E-state index contributed by atoms with van der Waals surface area (Å²) in [6.45, 7) is 0. The Balaban J connectivity index is 2.02. The van der Waals surface area contributed by atoms with E-state index in [-0.39, 0.29) is 5.69 Å². The van der Waals surface area contributed by atoms with Crippen molar-refractivity contribution in [2.75, 3.05) is 0 Å². The summed E-state index contributed by atoms with van der Waals surface area (Å²) in [7, 11) is 0. The smallest absolute Gasteiger partial charge is 0.271 e. The van der Waals surface area contributed by atoms with Gasteiger partial charge in [0.15, 0.2) is 11.5 Å². The van der Waals surface area contributed by atoms with Crippen molar-refractivity contribution in [2.45, 2.75) is 0 Å². The minimum atomic E-state index is -0.464. The van der Waals surface area contributed by atoms with E-state index in [1.165, 1.54) is 18.4 Å². The van der Waals surface area contributed by atoms with Crippen molar-refractivity contribution in [3.05, 3.63) is 65.1 Å². The Kier molecular flexibility index (Phi) is 2.90. The van der Waals surface area contributed by atoms with Crippen LogP contribution in [0.1, 0.15) is 0 Å². The second kappa shape index (κ2) is 5.06. The van der Waals surface area contributed by atoms with Crippen molar-refractivity contribution in [2.24, 2.45) is 0 Å². The Hall–Kier alpha value is -3.48. The molecule has 0 amide bonds. The average molecular weight is 307 g/mol. The summed E-state index contributed by atoms with van der Waals surface area (Å²) < 4.78 is 10.8. The molecule has 0 atom stereocenters. The lowest BCUT2D eigenvalue weighted by molar-refractivity contribution is -0.384. The molecule has 1 aromatic carbocycles. The van der Waals surface area contributed by atoms with Crippen LogP contribution in [0.15, 0.2) is 63.8 Å². The molecule has 4 rings (SSSR count). The molecule has 0 bridgehead atoms. The van der Waals surface area contributed by atoms with Gasteiger partial charge in [-0.05, 0) is 30.3 Å². The number of rotatable bonds is 3. The predicted molar refractivity (Wildman–Crippen MR) is 81.6 cm³/mol. The lowest BCUT2D eigenvalue weighted by Crippen LogP contribution is -1.95. The number of nitro benzene ring substituents is 1. The van der Waals surface area contributed by atoms with Crippen LogP contribution in [0.2, 0.25) is 0 Å². The molecule has 3 heterocycles. The van der Waals surface area contributed by atoms with E-state index in [1.54, 1.807) is 36.6 Å². The third-order valence-electron chi connectivity index (χ3n) is 3.37. The highest BCUT2D eigenvalue weighted by atomic mass is 16.6. The number of fused-ring (bicyclic) bond motifs is 1. The van der Waals surface area contributed by atoms with E-state index in [2.05, 4.69) is 9.97 Å². The molecule has 7 nitrogen and oxygen atoms in total. The number of furan rings is 2. The molecule has 0 fully saturated rings. The predicted octanol–water partition coefficient (Wildman–Crippen LogP) is 4.06. The Morgan fingerprint density at radius 2 is 1.48 bits per heavy atom. The molecular weight excluding hydrogens is 298 g/mol. The third kappa shape index (κ3) is 2.24. The first kappa shape index (κ1) is 13.2. The first-order valence-corrected chi connectivity index (χ1v) is 6.76. The first-order chi connectivity index (χ1) is 11.2. The average Bonchev–Trinajstić information content (AvgIpc) is 3.26. The lowest BCUT2D eigenvalue weighted by atomic mass is 10.1. The van der Waals surface area contributed by atoms with E-state index in [1.807, 2.05) is 0 Å². The third-order valence-corrected chi connectivity index (χ3v) is 3.37. The number of nitro groups is 1. The zero-order valence-electron chi connectivity index (χ0n) is 11.7. The van der Waals surface area contributed by atoms with Gasteiger partial charge in [-0.25, -0.2) is 9.97 Å². The molecule has 0 saturated carbocycles. The van der Waals surface area contributed by atoms with Crippen LogP contribution in [-0.4, -0.2) is 14.9 Å². The molecule has 0 saturated heterocycles. The van der Waals surface area contributed by atoms with Gasteiger partial charge in [0.1, 0.15) is 11.4 Å². The van der Waals surface area contributed by atoms with Crippen molar-refractivity contribution in [1.29, 1.82) is 0 Å². The maximum Gasteiger partial charge on any atom is 0.271 e. The van der Waals surface area contributed by atoms with Crippen molar-refractivity contribution in [3.63, 3.8) is 0 Å². The molecular formula is C16H9N3O4. The fourth-order valence-electron chi connectivity index (χ4n) is 2.33. The Morgan fingerprint density at radius 3 is 2.00 bits per heavy atom. The largest absolute Gasteiger partial charge is 0.463 e. The summed E-state index contributed by atoms with van der Waals surface area (Å²) in [6, 6.07) is 11.4.